The van der Waals surface area contributed by atoms with Crippen LogP contribution in [-0.4, -0.2) is 36.0 Å². The number of hydrogen-bond donors (Lipinski definition) is 3. The number of nitrogens with zero attached hydrogens (tertiary/aromatic N) is 2. The maximum Gasteiger partial charge on any atom is 0.246 e. The molecule has 0 aromatic carbocycles. The number of nitrogen functional groups attached to an aromatic ring is 1. The van der Waals surface area contributed by atoms with Crippen molar-refractivity contribution in [2.45, 2.75) is 43.5 Å². The van der Waals surface area contributed by atoms with Crippen LogP contribution in [0.25, 0.3) is 0 Å². The van der Waals surface area contributed by atoms with Crippen molar-refractivity contribution in [1.29, 1.82) is 0 Å². The minimum Gasteiger partial charge on any atom is -0.396 e. The van der Waals surface area contributed by atoms with Gasteiger partial charge in [0.2, 0.25) is 10.0 Å². The SMILES string of the molecule is Cc1c(S(=O)(=O)NC2CCCCC2CO)c(N)nn1C. The number of nitrogens with one attached hydrogen (secondary N) is 1. The predicted molar refractivity (Wildman–Crippen MR) is 75.5 cm³/mol. The highest BCUT2D eigenvalue weighted by molar-refractivity contribution is 7.89. The fourth-order valence-electron chi connectivity index (χ4n) is 2.79. The third-order valence-corrected chi connectivity index (χ3v) is 5.68. The standard InChI is InChI=1S/C12H22N4O3S/c1-8-11(12(13)14-16(8)2)20(18,19)15-10-6-4-3-5-9(10)7-17/h9-10,15,17H,3-7H2,1-2H3,(H2,13,14). The maximum atomic E-state index is 12.5. The van der Waals surface area contributed by atoms with Crippen molar-refractivity contribution in [2.75, 3.05) is 12.3 Å². The van der Waals surface area contributed by atoms with Gasteiger partial charge in [0.05, 0.1) is 5.69 Å². The lowest BCUT2D eigenvalue weighted by Gasteiger charge is -2.30. The van der Waals surface area contributed by atoms with Crippen LogP contribution in [0.4, 0.5) is 5.82 Å². The molecule has 2 atom stereocenters. The Morgan fingerprint density at radius 2 is 2.10 bits per heavy atom. The van der Waals surface area contributed by atoms with Gasteiger partial charge in [0.15, 0.2) is 5.82 Å². The summed E-state index contributed by atoms with van der Waals surface area (Å²) in [5, 5.41) is 13.3. The van der Waals surface area contributed by atoms with E-state index in [4.69, 9.17) is 5.73 Å². The van der Waals surface area contributed by atoms with Gasteiger partial charge in [0, 0.05) is 19.7 Å². The Morgan fingerprint density at radius 3 is 2.65 bits per heavy atom. The van der Waals surface area contributed by atoms with Gasteiger partial charge in [-0.25, -0.2) is 13.1 Å². The van der Waals surface area contributed by atoms with E-state index in [9.17, 15) is 13.5 Å². The summed E-state index contributed by atoms with van der Waals surface area (Å²) in [6, 6.07) is -0.238. The van der Waals surface area contributed by atoms with Crippen LogP contribution in [0.1, 0.15) is 31.4 Å². The van der Waals surface area contributed by atoms with Gasteiger partial charge >= 0.3 is 0 Å². The molecular formula is C12H22N4O3S. The molecule has 4 N–H and O–H groups in total. The zero-order valence-electron chi connectivity index (χ0n) is 11.8. The van der Waals surface area contributed by atoms with E-state index in [1.807, 2.05) is 0 Å². The van der Waals surface area contributed by atoms with E-state index in [1.165, 1.54) is 4.68 Å². The summed E-state index contributed by atoms with van der Waals surface area (Å²) in [6.07, 6.45) is 3.57. The van der Waals surface area contributed by atoms with E-state index in [0.717, 1.165) is 25.7 Å². The van der Waals surface area contributed by atoms with Gasteiger partial charge in [0.25, 0.3) is 0 Å². The summed E-state index contributed by atoms with van der Waals surface area (Å²) in [5.41, 5.74) is 6.21. The maximum absolute atomic E-state index is 12.5. The Bertz CT molecular complexity index is 582. The topological polar surface area (TPSA) is 110 Å². The molecule has 1 fully saturated rings. The second kappa shape index (κ2) is 5.71. The summed E-state index contributed by atoms with van der Waals surface area (Å²) in [6.45, 7) is 1.66. The summed E-state index contributed by atoms with van der Waals surface area (Å²) >= 11 is 0. The number of nitrogens with two attached hydrogens (primary N) is 1. The Hall–Kier alpha value is -1.12. The number of sulfonamides is 1. The largest absolute Gasteiger partial charge is 0.396 e. The highest BCUT2D eigenvalue weighted by atomic mass is 32.2. The first-order valence-corrected chi connectivity index (χ1v) is 8.27. The lowest BCUT2D eigenvalue weighted by Crippen LogP contribution is -2.43. The van der Waals surface area contributed by atoms with E-state index in [2.05, 4.69) is 9.82 Å². The van der Waals surface area contributed by atoms with Gasteiger partial charge < -0.3 is 10.8 Å². The van der Waals surface area contributed by atoms with E-state index >= 15 is 0 Å². The molecule has 2 unspecified atom stereocenters. The summed E-state index contributed by atoms with van der Waals surface area (Å²) in [4.78, 5) is 0.0438. The van der Waals surface area contributed by atoms with Gasteiger partial charge in [-0.1, -0.05) is 12.8 Å². The van der Waals surface area contributed by atoms with Crippen LogP contribution in [0.3, 0.4) is 0 Å². The number of rotatable bonds is 4. The molecule has 2 rings (SSSR count). The fraction of sp³-hybridized carbons (Fsp3) is 0.750. The molecule has 1 aromatic rings. The Labute approximate surface area is 119 Å². The Morgan fingerprint density at radius 1 is 1.45 bits per heavy atom. The zero-order valence-corrected chi connectivity index (χ0v) is 12.7. The zero-order chi connectivity index (χ0) is 14.9. The summed E-state index contributed by atoms with van der Waals surface area (Å²) in [5.74, 6) is -0.0226. The number of aliphatic hydroxyl groups is 1. The van der Waals surface area contributed by atoms with E-state index in [-0.39, 0.29) is 29.3 Å². The molecule has 0 radical (unpaired) electrons. The van der Waals surface area contributed by atoms with Crippen molar-refractivity contribution < 1.29 is 13.5 Å². The van der Waals surface area contributed by atoms with Crippen molar-refractivity contribution >= 4 is 15.8 Å². The van der Waals surface area contributed by atoms with Crippen molar-refractivity contribution in [3.63, 3.8) is 0 Å². The quantitative estimate of drug-likeness (QED) is 0.733. The normalized spacial score (nSPS) is 23.9. The van der Waals surface area contributed by atoms with E-state index < -0.39 is 10.0 Å². The molecule has 7 nitrogen and oxygen atoms in total. The first-order valence-electron chi connectivity index (χ1n) is 6.79. The Kier molecular flexibility index (Phi) is 4.36. The van der Waals surface area contributed by atoms with Gasteiger partial charge in [-0.15, -0.1) is 0 Å². The molecule has 1 heterocycles. The summed E-state index contributed by atoms with van der Waals surface area (Å²) in [7, 11) is -2.06. The van der Waals surface area contributed by atoms with Gasteiger partial charge in [0.1, 0.15) is 4.90 Å². The average molecular weight is 302 g/mol. The van der Waals surface area contributed by atoms with Crippen LogP contribution in [0.5, 0.6) is 0 Å². The first-order chi connectivity index (χ1) is 9.36. The van der Waals surface area contributed by atoms with Crippen molar-refractivity contribution in [3.05, 3.63) is 5.69 Å². The highest BCUT2D eigenvalue weighted by Gasteiger charge is 2.32. The number of anilines is 1. The molecule has 114 valence electrons. The van der Waals surface area contributed by atoms with Crippen LogP contribution in [0.15, 0.2) is 4.90 Å². The minimum absolute atomic E-state index is 0.00527. The van der Waals surface area contributed by atoms with Crippen LogP contribution in [-0.2, 0) is 17.1 Å². The van der Waals surface area contributed by atoms with Gasteiger partial charge in [-0.3, -0.25) is 4.68 Å². The summed E-state index contributed by atoms with van der Waals surface area (Å²) < 4.78 is 29.1. The molecule has 0 aliphatic heterocycles. The van der Waals surface area contributed by atoms with Crippen LogP contribution < -0.4 is 10.5 Å². The minimum atomic E-state index is -3.71. The highest BCUT2D eigenvalue weighted by Crippen LogP contribution is 2.27. The van der Waals surface area contributed by atoms with E-state index in [0.29, 0.717) is 5.69 Å². The van der Waals surface area contributed by atoms with Crippen LogP contribution in [0, 0.1) is 12.8 Å². The number of aryl methyl sites for hydroxylation is 1. The smallest absolute Gasteiger partial charge is 0.246 e. The second-order valence-corrected chi connectivity index (χ2v) is 7.03. The molecule has 1 saturated carbocycles. The fourth-order valence-corrected chi connectivity index (χ4v) is 4.45. The number of aliphatic hydroxyl groups excluding tert-OH is 1. The van der Waals surface area contributed by atoms with Crippen LogP contribution >= 0.6 is 0 Å². The molecule has 1 aromatic heterocycles. The molecular weight excluding hydrogens is 280 g/mol. The first kappa shape index (κ1) is 15.3. The van der Waals surface area contributed by atoms with Crippen LogP contribution in [0.2, 0.25) is 0 Å². The van der Waals surface area contributed by atoms with Crippen molar-refractivity contribution in [3.8, 4) is 0 Å². The van der Waals surface area contributed by atoms with E-state index in [1.54, 1.807) is 14.0 Å². The lowest BCUT2D eigenvalue weighted by molar-refractivity contribution is 0.164. The van der Waals surface area contributed by atoms with Crippen molar-refractivity contribution in [2.24, 2.45) is 13.0 Å². The molecule has 0 amide bonds. The average Bonchev–Trinajstić information content (AvgIpc) is 2.63. The molecule has 0 bridgehead atoms. The molecule has 1 aliphatic carbocycles. The number of hydrogen-bond acceptors (Lipinski definition) is 5. The molecule has 0 spiro atoms. The third kappa shape index (κ3) is 2.82. The molecule has 1 aliphatic rings. The Balaban J connectivity index is 2.26. The second-order valence-electron chi connectivity index (χ2n) is 5.38. The predicted octanol–water partition coefficient (Wildman–Crippen LogP) is 0.140. The monoisotopic (exact) mass is 302 g/mol. The third-order valence-electron chi connectivity index (χ3n) is 4.02. The lowest BCUT2D eigenvalue weighted by atomic mass is 9.86. The molecule has 20 heavy (non-hydrogen) atoms. The molecule has 8 heteroatoms. The van der Waals surface area contributed by atoms with Gasteiger partial charge in [-0.05, 0) is 25.7 Å². The van der Waals surface area contributed by atoms with Gasteiger partial charge in [-0.2, -0.15) is 5.10 Å². The number of aromatic nitrogens is 2. The van der Waals surface area contributed by atoms with Crippen molar-refractivity contribution in [1.82, 2.24) is 14.5 Å². The molecule has 0 saturated heterocycles.